The summed E-state index contributed by atoms with van der Waals surface area (Å²) in [6.07, 6.45) is 2.69. The number of nitrogens with zero attached hydrogens (tertiary/aromatic N) is 3. The first-order valence-corrected chi connectivity index (χ1v) is 6.00. The molecule has 1 aromatic carbocycles. The molecule has 0 bridgehead atoms. The van der Waals surface area contributed by atoms with Crippen molar-refractivity contribution in [3.05, 3.63) is 36.2 Å². The SMILES string of the molecule is N#Cc1nccc2cc(N3CCC3CO)ccc12. The molecule has 0 aliphatic carbocycles. The molecule has 2 heterocycles. The monoisotopic (exact) mass is 239 g/mol. The second kappa shape index (κ2) is 4.28. The lowest BCUT2D eigenvalue weighted by Gasteiger charge is -2.42. The summed E-state index contributed by atoms with van der Waals surface area (Å²) in [5.74, 6) is 0. The van der Waals surface area contributed by atoms with Crippen LogP contribution in [-0.4, -0.2) is 29.3 Å². The minimum absolute atomic E-state index is 0.192. The van der Waals surface area contributed by atoms with E-state index >= 15 is 0 Å². The van der Waals surface area contributed by atoms with E-state index in [0.717, 1.165) is 29.4 Å². The molecule has 90 valence electrons. The molecule has 1 aromatic heterocycles. The van der Waals surface area contributed by atoms with Crippen molar-refractivity contribution >= 4 is 16.5 Å². The van der Waals surface area contributed by atoms with E-state index in [9.17, 15) is 5.11 Å². The molecule has 1 unspecified atom stereocenters. The van der Waals surface area contributed by atoms with Gasteiger partial charge in [-0.05, 0) is 36.1 Å². The van der Waals surface area contributed by atoms with Gasteiger partial charge in [-0.1, -0.05) is 0 Å². The highest BCUT2D eigenvalue weighted by Crippen LogP contribution is 2.29. The van der Waals surface area contributed by atoms with E-state index in [1.54, 1.807) is 6.20 Å². The van der Waals surface area contributed by atoms with Gasteiger partial charge < -0.3 is 10.0 Å². The molecule has 1 aliphatic rings. The van der Waals surface area contributed by atoms with Gasteiger partial charge in [0.15, 0.2) is 0 Å². The fraction of sp³-hybridized carbons (Fsp3) is 0.286. The molecule has 1 saturated heterocycles. The predicted molar refractivity (Wildman–Crippen MR) is 69.3 cm³/mol. The van der Waals surface area contributed by atoms with Gasteiger partial charge in [-0.2, -0.15) is 5.26 Å². The number of aliphatic hydroxyl groups excluding tert-OH is 1. The van der Waals surface area contributed by atoms with Crippen LogP contribution in [0.25, 0.3) is 10.8 Å². The number of rotatable bonds is 2. The Morgan fingerprint density at radius 2 is 2.33 bits per heavy atom. The summed E-state index contributed by atoms with van der Waals surface area (Å²) in [6.45, 7) is 1.17. The van der Waals surface area contributed by atoms with Crippen LogP contribution >= 0.6 is 0 Å². The molecule has 0 saturated carbocycles. The highest BCUT2D eigenvalue weighted by molar-refractivity contribution is 5.89. The number of hydrogen-bond acceptors (Lipinski definition) is 4. The minimum atomic E-state index is 0.192. The molecule has 1 N–H and O–H groups in total. The molecule has 0 amide bonds. The summed E-state index contributed by atoms with van der Waals surface area (Å²) in [4.78, 5) is 6.24. The van der Waals surface area contributed by atoms with E-state index in [4.69, 9.17) is 5.26 Å². The van der Waals surface area contributed by atoms with Crippen LogP contribution in [0.4, 0.5) is 5.69 Å². The zero-order valence-corrected chi connectivity index (χ0v) is 9.87. The maximum Gasteiger partial charge on any atom is 0.148 e. The van der Waals surface area contributed by atoms with Crippen LogP contribution in [0.1, 0.15) is 12.1 Å². The molecule has 0 spiro atoms. The second-order valence-corrected chi connectivity index (χ2v) is 4.50. The molecule has 1 aliphatic heterocycles. The smallest absolute Gasteiger partial charge is 0.148 e. The lowest BCUT2D eigenvalue weighted by molar-refractivity contribution is 0.226. The van der Waals surface area contributed by atoms with Crippen LogP contribution < -0.4 is 4.90 Å². The molecule has 1 fully saturated rings. The van der Waals surface area contributed by atoms with Crippen LogP contribution in [0.5, 0.6) is 0 Å². The molecular weight excluding hydrogens is 226 g/mol. The first-order chi connectivity index (χ1) is 8.83. The van der Waals surface area contributed by atoms with Crippen LogP contribution in [0.3, 0.4) is 0 Å². The summed E-state index contributed by atoms with van der Waals surface area (Å²) < 4.78 is 0. The van der Waals surface area contributed by atoms with Gasteiger partial charge in [-0.15, -0.1) is 0 Å². The van der Waals surface area contributed by atoms with Crippen LogP contribution in [0.2, 0.25) is 0 Å². The van der Waals surface area contributed by atoms with Gasteiger partial charge >= 0.3 is 0 Å². The molecule has 2 aromatic rings. The maximum absolute atomic E-state index is 9.22. The lowest BCUT2D eigenvalue weighted by atomic mass is 10.0. The first-order valence-electron chi connectivity index (χ1n) is 6.00. The Morgan fingerprint density at radius 1 is 1.44 bits per heavy atom. The van der Waals surface area contributed by atoms with E-state index < -0.39 is 0 Å². The average molecular weight is 239 g/mol. The third-order valence-electron chi connectivity index (χ3n) is 3.54. The molecule has 4 nitrogen and oxygen atoms in total. The minimum Gasteiger partial charge on any atom is -0.394 e. The molecule has 18 heavy (non-hydrogen) atoms. The number of benzene rings is 1. The fourth-order valence-corrected chi connectivity index (χ4v) is 2.40. The molecule has 3 rings (SSSR count). The number of nitriles is 1. The molecule has 0 radical (unpaired) electrons. The topological polar surface area (TPSA) is 60.2 Å². The quantitative estimate of drug-likeness (QED) is 0.866. The Labute approximate surface area is 105 Å². The zero-order valence-electron chi connectivity index (χ0n) is 9.87. The highest BCUT2D eigenvalue weighted by atomic mass is 16.3. The van der Waals surface area contributed by atoms with Crippen LogP contribution in [0, 0.1) is 11.3 Å². The number of aliphatic hydroxyl groups is 1. The van der Waals surface area contributed by atoms with Gasteiger partial charge in [-0.3, -0.25) is 0 Å². The van der Waals surface area contributed by atoms with Gasteiger partial charge in [-0.25, -0.2) is 4.98 Å². The van der Waals surface area contributed by atoms with Crippen molar-refractivity contribution < 1.29 is 5.11 Å². The normalized spacial score (nSPS) is 18.4. The highest BCUT2D eigenvalue weighted by Gasteiger charge is 2.27. The van der Waals surface area contributed by atoms with E-state index in [1.807, 2.05) is 18.2 Å². The Hall–Kier alpha value is -2.12. The summed E-state index contributed by atoms with van der Waals surface area (Å²) in [5, 5.41) is 20.1. The fourth-order valence-electron chi connectivity index (χ4n) is 2.40. The van der Waals surface area contributed by atoms with Gasteiger partial charge in [0.2, 0.25) is 0 Å². The number of anilines is 1. The second-order valence-electron chi connectivity index (χ2n) is 4.50. The van der Waals surface area contributed by atoms with Crippen molar-refractivity contribution in [3.63, 3.8) is 0 Å². The Kier molecular flexibility index (Phi) is 2.62. The summed E-state index contributed by atoms with van der Waals surface area (Å²) >= 11 is 0. The third kappa shape index (κ3) is 1.60. The van der Waals surface area contributed by atoms with E-state index in [2.05, 4.69) is 22.0 Å². The van der Waals surface area contributed by atoms with E-state index in [0.29, 0.717) is 5.69 Å². The van der Waals surface area contributed by atoms with Gasteiger partial charge in [0.25, 0.3) is 0 Å². The van der Waals surface area contributed by atoms with Crippen molar-refractivity contribution in [2.45, 2.75) is 12.5 Å². The number of aromatic nitrogens is 1. The number of pyridine rings is 1. The van der Waals surface area contributed by atoms with Crippen molar-refractivity contribution in [2.24, 2.45) is 0 Å². The van der Waals surface area contributed by atoms with Crippen molar-refractivity contribution in [2.75, 3.05) is 18.1 Å². The van der Waals surface area contributed by atoms with E-state index in [1.165, 1.54) is 0 Å². The predicted octanol–water partition coefficient (Wildman–Crippen LogP) is 1.68. The zero-order chi connectivity index (χ0) is 12.5. The summed E-state index contributed by atoms with van der Waals surface area (Å²) in [7, 11) is 0. The average Bonchev–Trinajstić information content (AvgIpc) is 2.37. The van der Waals surface area contributed by atoms with Gasteiger partial charge in [0.05, 0.1) is 12.6 Å². The number of hydrogen-bond donors (Lipinski definition) is 1. The maximum atomic E-state index is 9.22. The van der Waals surface area contributed by atoms with Crippen molar-refractivity contribution in [3.8, 4) is 6.07 Å². The van der Waals surface area contributed by atoms with Crippen molar-refractivity contribution in [1.29, 1.82) is 5.26 Å². The van der Waals surface area contributed by atoms with E-state index in [-0.39, 0.29) is 12.6 Å². The summed E-state index contributed by atoms with van der Waals surface area (Å²) in [5.41, 5.74) is 1.56. The Balaban J connectivity index is 2.05. The molecule has 4 heteroatoms. The summed E-state index contributed by atoms with van der Waals surface area (Å²) in [6, 6.07) is 10.2. The van der Waals surface area contributed by atoms with Gasteiger partial charge in [0, 0.05) is 23.8 Å². The lowest BCUT2D eigenvalue weighted by Crippen LogP contribution is -2.50. The first kappa shape index (κ1) is 11.0. The standard InChI is InChI=1S/C14H13N3O/c15-8-14-13-2-1-11(7-10(13)3-5-16-14)17-6-4-12(17)9-18/h1-3,5,7,12,18H,4,6,9H2. The molecular formula is C14H13N3O. The third-order valence-corrected chi connectivity index (χ3v) is 3.54. The largest absolute Gasteiger partial charge is 0.394 e. The van der Waals surface area contributed by atoms with Crippen LogP contribution in [-0.2, 0) is 0 Å². The molecule has 1 atom stereocenters. The number of fused-ring (bicyclic) bond motifs is 1. The van der Waals surface area contributed by atoms with Crippen LogP contribution in [0.15, 0.2) is 30.5 Å². The van der Waals surface area contributed by atoms with Crippen molar-refractivity contribution in [1.82, 2.24) is 4.98 Å². The Morgan fingerprint density at radius 3 is 3.00 bits per heavy atom. The van der Waals surface area contributed by atoms with Gasteiger partial charge in [0.1, 0.15) is 11.8 Å². The Bertz CT molecular complexity index is 630.